The lowest BCUT2D eigenvalue weighted by Crippen LogP contribution is -2.62. The van der Waals surface area contributed by atoms with Crippen LogP contribution in [0, 0.1) is 5.92 Å². The van der Waals surface area contributed by atoms with E-state index in [0.29, 0.717) is 24.8 Å². The minimum atomic E-state index is -1.89. The van der Waals surface area contributed by atoms with Gasteiger partial charge < -0.3 is 111 Å². The number of carbonyl (C=O) groups is 16. The van der Waals surface area contributed by atoms with Gasteiger partial charge in [0.25, 0.3) is 0 Å². The Balaban J connectivity index is 1.54. The molecule has 0 aromatic heterocycles. The fourth-order valence-electron chi connectivity index (χ4n) is 12.6. The summed E-state index contributed by atoms with van der Waals surface area (Å²) in [6, 6.07) is -11.7. The van der Waals surface area contributed by atoms with Crippen molar-refractivity contribution < 1.29 is 92.0 Å². The SMILES string of the molecule is CC[C@H](C)[C@@H]1NC(=O)[C@H](CO)NC(=O)[C@H](CCCCN)NC(=O)[C@H]([C@@H](C)O)NC(=O)[C@H](CS)NC(=O)[C@H](CCCN=C(N)N)NC(=O)CNC(=O)[C@H](CC(=O)O)NC(=O)[C@@H]2CCCN2C(=O)[C@H](Cc2ccccc2)NC(=O)[C@H](CS)NC(=O)[C@H](CCC(N)=O)NC(=O)[C@@H]2CCCN2C(=O)[C@@H]2CCCN2C1=O. The second-order valence-electron chi connectivity index (χ2n) is 26.5. The van der Waals surface area contributed by atoms with E-state index in [9.17, 15) is 92.0 Å². The minimum absolute atomic E-state index is 0.0125. The zero-order chi connectivity index (χ0) is 78.5. The Morgan fingerprint density at radius 3 is 1.53 bits per heavy atom. The molecule has 1 aromatic carbocycles. The molecule has 0 saturated carbocycles. The predicted molar refractivity (Wildman–Crippen MR) is 386 cm³/mol. The van der Waals surface area contributed by atoms with E-state index in [-0.39, 0.29) is 103 Å². The number of fused-ring (bicyclic) bond motifs is 3. The van der Waals surface area contributed by atoms with Crippen LogP contribution in [-0.2, 0) is 83.1 Å². The highest BCUT2D eigenvalue weighted by Gasteiger charge is 2.47. The van der Waals surface area contributed by atoms with Gasteiger partial charge in [0.15, 0.2) is 5.96 Å². The molecule has 15 atom stereocenters. The van der Waals surface area contributed by atoms with E-state index in [1.165, 1.54) is 9.80 Å². The number of rotatable bonds is 21. The number of nitrogens with one attached hydrogen (secondary N) is 11. The average molecular weight is 1530 g/mol. The van der Waals surface area contributed by atoms with Crippen LogP contribution in [0.15, 0.2) is 35.3 Å². The maximum atomic E-state index is 14.8. The van der Waals surface area contributed by atoms with E-state index < -0.39 is 229 Å². The number of nitrogens with two attached hydrogens (primary N) is 4. The monoisotopic (exact) mass is 1530 g/mol. The number of benzene rings is 1. The van der Waals surface area contributed by atoms with Crippen LogP contribution in [0.1, 0.15) is 123 Å². The molecule has 15 amide bonds. The van der Waals surface area contributed by atoms with Gasteiger partial charge in [0.1, 0.15) is 78.5 Å². The third kappa shape index (κ3) is 26.0. The highest BCUT2D eigenvalue weighted by molar-refractivity contribution is 7.80. The molecular formula is C66H103N19O19S2. The molecule has 1 aromatic rings. The van der Waals surface area contributed by atoms with Gasteiger partial charge in [-0.1, -0.05) is 50.6 Å². The molecule has 40 heteroatoms. The topological polar surface area (TPSA) is 592 Å². The number of aliphatic hydroxyl groups excluding tert-OH is 2. The van der Waals surface area contributed by atoms with Crippen LogP contribution in [0.25, 0.3) is 0 Å². The molecule has 38 nitrogen and oxygen atoms in total. The fourth-order valence-corrected chi connectivity index (χ4v) is 13.1. The van der Waals surface area contributed by atoms with Gasteiger partial charge in [-0.05, 0) is 102 Å². The lowest BCUT2D eigenvalue weighted by molar-refractivity contribution is -0.149. The smallest absolute Gasteiger partial charge is 0.305 e. The van der Waals surface area contributed by atoms with Gasteiger partial charge in [0.05, 0.1) is 25.7 Å². The van der Waals surface area contributed by atoms with Crippen LogP contribution in [0.2, 0.25) is 0 Å². The fraction of sp³-hybridized carbons (Fsp3) is 0.652. The van der Waals surface area contributed by atoms with E-state index in [2.05, 4.69) is 88.7 Å². The van der Waals surface area contributed by atoms with Gasteiger partial charge >= 0.3 is 5.97 Å². The van der Waals surface area contributed by atoms with E-state index in [4.69, 9.17) is 22.9 Å². The van der Waals surface area contributed by atoms with Gasteiger partial charge in [-0.2, -0.15) is 25.3 Å². The number of carbonyl (C=O) groups excluding carboxylic acids is 15. The highest BCUT2D eigenvalue weighted by atomic mass is 32.1. The first-order chi connectivity index (χ1) is 50.4. The summed E-state index contributed by atoms with van der Waals surface area (Å²) in [6.07, 6.45) is -2.39. The van der Waals surface area contributed by atoms with Crippen LogP contribution < -0.4 is 81.4 Å². The van der Waals surface area contributed by atoms with Gasteiger partial charge in [0, 0.05) is 50.5 Å². The van der Waals surface area contributed by atoms with Gasteiger partial charge in [-0.3, -0.25) is 81.7 Å². The maximum absolute atomic E-state index is 14.8. The van der Waals surface area contributed by atoms with Crippen molar-refractivity contribution in [2.24, 2.45) is 33.8 Å². The van der Waals surface area contributed by atoms with Gasteiger partial charge in [-0.15, -0.1) is 0 Å². The highest BCUT2D eigenvalue weighted by Crippen LogP contribution is 2.28. The Labute approximate surface area is 623 Å². The first-order valence-corrected chi connectivity index (χ1v) is 36.7. The van der Waals surface area contributed by atoms with Crippen LogP contribution in [0.5, 0.6) is 0 Å². The number of hydrogen-bond donors (Lipinski definition) is 20. The van der Waals surface area contributed by atoms with Gasteiger partial charge in [0.2, 0.25) is 88.6 Å². The number of amides is 15. The Hall–Kier alpha value is -9.41. The summed E-state index contributed by atoms with van der Waals surface area (Å²) in [5, 5.41) is 58.5. The standard InChI is InChI=1S/C66H103N19O19S2/c1-4-34(2)51-65(104)85-27-13-20-47(85)64(103)84-26-12-19-46(84)60(99)74-39(21-22-48(68)88)56(95)79-43(32-105)58(97)77-41(28-36-14-6-5-7-15-36)63(102)83-25-11-18-45(83)61(100)76-40(29-50(90)91)53(92)72-30-49(89)73-37(17-10-24-71-66(69)70)54(93)80-44(33-106)59(98)82-52(35(3)87)62(101)75-38(16-8-9-23-67)55(94)78-42(31-86)57(96)81-51/h5-7,14-15,34-35,37-47,51-52,86-87,105-106H,4,8-13,16-33,67H2,1-3H3,(H2,68,88)(H,72,92)(H,73,89)(H,74,99)(H,75,101)(H,76,100)(H,77,97)(H,78,94)(H,79,95)(H,80,93)(H,81,96)(H,82,98)(H,90,91)(H4,69,70,71)/t34-,35+,37-,38-,39-,40-,41-,42-,43-,44-,45-,46-,47-,51-,52-/m0/s1. The Morgan fingerprint density at radius 2 is 1.00 bits per heavy atom. The summed E-state index contributed by atoms with van der Waals surface area (Å²) >= 11 is 8.55. The number of nitrogens with zero attached hydrogens (tertiary/aromatic N) is 4. The first-order valence-electron chi connectivity index (χ1n) is 35.4. The Kier molecular flexibility index (Phi) is 35.6. The van der Waals surface area contributed by atoms with Crippen molar-refractivity contribution in [2.45, 2.75) is 208 Å². The number of hydrogen-bond acceptors (Lipinski definition) is 22. The number of aliphatic carboxylic acids is 1. The molecule has 0 radical (unpaired) electrons. The van der Waals surface area contributed by atoms with Crippen LogP contribution >= 0.6 is 25.3 Å². The zero-order valence-electron chi connectivity index (χ0n) is 59.6. The third-order valence-electron chi connectivity index (χ3n) is 18.6. The van der Waals surface area contributed by atoms with Crippen LogP contribution in [0.3, 0.4) is 0 Å². The number of unbranched alkanes of at least 4 members (excludes halogenated alkanes) is 1. The van der Waals surface area contributed by atoms with Crippen molar-refractivity contribution in [1.29, 1.82) is 0 Å². The number of carboxylic acids is 1. The molecule has 0 aliphatic carbocycles. The molecule has 22 N–H and O–H groups in total. The number of guanidine groups is 1. The van der Waals surface area contributed by atoms with Crippen molar-refractivity contribution in [2.75, 3.05) is 57.4 Å². The number of aliphatic hydroxyl groups is 2. The average Bonchev–Trinajstić information content (AvgIpc) is 1.58. The number of thiol groups is 2. The molecule has 4 fully saturated rings. The largest absolute Gasteiger partial charge is 0.481 e. The lowest BCUT2D eigenvalue weighted by atomic mass is 9.96. The maximum Gasteiger partial charge on any atom is 0.305 e. The van der Waals surface area contributed by atoms with E-state index in [1.54, 1.807) is 44.2 Å². The predicted octanol–water partition coefficient (Wildman–Crippen LogP) is -7.62. The molecule has 0 unspecified atom stereocenters. The normalized spacial score (nSPS) is 27.4. The summed E-state index contributed by atoms with van der Waals surface area (Å²) < 4.78 is 0. The molecule has 4 saturated heterocycles. The van der Waals surface area contributed by atoms with Crippen molar-refractivity contribution in [3.63, 3.8) is 0 Å². The van der Waals surface area contributed by atoms with Crippen molar-refractivity contribution >= 4 is 126 Å². The molecule has 106 heavy (non-hydrogen) atoms. The summed E-state index contributed by atoms with van der Waals surface area (Å²) in [6.45, 7) is 2.54. The lowest BCUT2D eigenvalue weighted by Gasteiger charge is -2.35. The minimum Gasteiger partial charge on any atom is -0.481 e. The molecule has 4 heterocycles. The molecule has 4 aliphatic rings. The first kappa shape index (κ1) is 87.2. The van der Waals surface area contributed by atoms with E-state index in [0.717, 1.165) is 11.8 Å². The number of primary amides is 1. The molecule has 0 spiro atoms. The molecule has 5 rings (SSSR count). The molecular weight excluding hydrogens is 1430 g/mol. The summed E-state index contributed by atoms with van der Waals surface area (Å²) in [7, 11) is 0. The summed E-state index contributed by atoms with van der Waals surface area (Å²) in [5.74, 6) is -17.9. The molecule has 4 aliphatic heterocycles. The van der Waals surface area contributed by atoms with Gasteiger partial charge in [-0.25, -0.2) is 0 Å². The Bertz CT molecular complexity index is 3340. The zero-order valence-corrected chi connectivity index (χ0v) is 61.4. The molecule has 588 valence electrons. The van der Waals surface area contributed by atoms with Crippen LogP contribution in [-0.4, -0.2) is 273 Å². The summed E-state index contributed by atoms with van der Waals surface area (Å²) in [5.41, 5.74) is 22.8. The second-order valence-corrected chi connectivity index (χ2v) is 27.2. The quantitative estimate of drug-likeness (QED) is 0.0235. The number of carboxylic acid groups (broad SMARTS) is 1. The van der Waals surface area contributed by atoms with E-state index >= 15 is 0 Å². The Morgan fingerprint density at radius 1 is 0.538 bits per heavy atom. The van der Waals surface area contributed by atoms with Crippen molar-refractivity contribution in [3.05, 3.63) is 35.9 Å². The third-order valence-corrected chi connectivity index (χ3v) is 19.3. The van der Waals surface area contributed by atoms with Crippen molar-refractivity contribution in [1.82, 2.24) is 73.2 Å². The molecule has 0 bridgehead atoms. The summed E-state index contributed by atoms with van der Waals surface area (Å²) in [4.78, 5) is 232. The second kappa shape index (κ2) is 43.3. The van der Waals surface area contributed by atoms with Crippen LogP contribution in [0.4, 0.5) is 0 Å². The van der Waals surface area contributed by atoms with E-state index in [1.807, 2.05) is 0 Å². The number of aliphatic imine (C=N–C) groups is 1. The van der Waals surface area contributed by atoms with Crippen molar-refractivity contribution in [3.8, 4) is 0 Å².